The average Bonchev–Trinajstić information content (AvgIpc) is 3.28. The minimum atomic E-state index is -0.252. The molecule has 2 N–H and O–H groups in total. The number of aryl methyl sites for hydroxylation is 3. The summed E-state index contributed by atoms with van der Waals surface area (Å²) in [6.45, 7) is 6.81. The van der Waals surface area contributed by atoms with Gasteiger partial charge < -0.3 is 10.5 Å². The van der Waals surface area contributed by atoms with Gasteiger partial charge in [-0.05, 0) is 26.8 Å². The molecular formula is C24H25ClN6O. The highest BCUT2D eigenvalue weighted by Gasteiger charge is 2.25. The van der Waals surface area contributed by atoms with E-state index in [0.29, 0.717) is 29.7 Å². The van der Waals surface area contributed by atoms with Crippen LogP contribution in [0.5, 0.6) is 5.75 Å². The van der Waals surface area contributed by atoms with Gasteiger partial charge in [0.1, 0.15) is 6.10 Å². The Balaban J connectivity index is 1.84. The highest BCUT2D eigenvalue weighted by atomic mass is 35.5. The van der Waals surface area contributed by atoms with Crippen molar-refractivity contribution in [2.45, 2.75) is 39.8 Å². The van der Waals surface area contributed by atoms with Crippen LogP contribution in [0.25, 0.3) is 22.5 Å². The fourth-order valence-corrected chi connectivity index (χ4v) is 4.68. The summed E-state index contributed by atoms with van der Waals surface area (Å²) in [5.74, 6) is 0.885. The third-order valence-corrected chi connectivity index (χ3v) is 6.24. The van der Waals surface area contributed by atoms with Crippen LogP contribution in [0.15, 0.2) is 36.7 Å². The number of aromatic nitrogens is 5. The largest absolute Gasteiger partial charge is 0.482 e. The molecule has 1 aliphatic heterocycles. The maximum Gasteiger partial charge on any atom is 0.166 e. The van der Waals surface area contributed by atoms with E-state index in [1.807, 2.05) is 42.5 Å². The molecule has 1 aromatic carbocycles. The van der Waals surface area contributed by atoms with Crippen LogP contribution < -0.4 is 10.5 Å². The number of hydrogen-bond donors (Lipinski definition) is 1. The lowest BCUT2D eigenvalue weighted by Gasteiger charge is -2.21. The fourth-order valence-electron chi connectivity index (χ4n) is 4.43. The molecule has 0 saturated heterocycles. The Hall–Kier alpha value is -3.32. The van der Waals surface area contributed by atoms with Crippen LogP contribution >= 0.6 is 11.6 Å². The summed E-state index contributed by atoms with van der Waals surface area (Å²) in [5, 5.41) is 9.88. The molecular weight excluding hydrogens is 424 g/mol. The van der Waals surface area contributed by atoms with Crippen LogP contribution in [-0.2, 0) is 20.0 Å². The van der Waals surface area contributed by atoms with E-state index in [2.05, 4.69) is 35.2 Å². The smallest absolute Gasteiger partial charge is 0.166 e. The molecule has 164 valence electrons. The molecule has 1 aliphatic rings. The first-order valence-corrected chi connectivity index (χ1v) is 11.0. The van der Waals surface area contributed by atoms with Gasteiger partial charge in [-0.3, -0.25) is 9.36 Å². The number of anilines is 1. The molecule has 7 nitrogen and oxygen atoms in total. The highest BCUT2D eigenvalue weighted by molar-refractivity contribution is 6.30. The number of ether oxygens (including phenoxy) is 1. The zero-order valence-electron chi connectivity index (χ0n) is 18.6. The Morgan fingerprint density at radius 3 is 2.84 bits per heavy atom. The van der Waals surface area contributed by atoms with Gasteiger partial charge >= 0.3 is 0 Å². The Kier molecular flexibility index (Phi) is 4.93. The third kappa shape index (κ3) is 3.33. The number of fused-ring (bicyclic) bond motifs is 7. The van der Waals surface area contributed by atoms with E-state index in [4.69, 9.17) is 27.2 Å². The van der Waals surface area contributed by atoms with Crippen LogP contribution in [0.2, 0.25) is 5.15 Å². The molecule has 4 heterocycles. The van der Waals surface area contributed by atoms with E-state index in [1.165, 1.54) is 0 Å². The van der Waals surface area contributed by atoms with Crippen molar-refractivity contribution in [1.29, 1.82) is 0 Å². The normalized spacial score (nSPS) is 15.1. The molecule has 0 saturated carbocycles. The Bertz CT molecular complexity index is 1340. The van der Waals surface area contributed by atoms with Crippen LogP contribution in [-0.4, -0.2) is 24.5 Å². The first-order valence-electron chi connectivity index (χ1n) is 10.7. The van der Waals surface area contributed by atoms with E-state index >= 15 is 0 Å². The van der Waals surface area contributed by atoms with Crippen molar-refractivity contribution in [1.82, 2.24) is 24.5 Å². The molecule has 3 aromatic heterocycles. The van der Waals surface area contributed by atoms with E-state index in [-0.39, 0.29) is 6.10 Å². The number of hydrogen-bond acceptors (Lipinski definition) is 5. The Morgan fingerprint density at radius 1 is 1.25 bits per heavy atom. The predicted octanol–water partition coefficient (Wildman–Crippen LogP) is 4.95. The zero-order chi connectivity index (χ0) is 22.6. The lowest BCUT2D eigenvalue weighted by atomic mass is 9.93. The molecule has 0 spiro atoms. The van der Waals surface area contributed by atoms with Gasteiger partial charge in [0.25, 0.3) is 0 Å². The van der Waals surface area contributed by atoms with Crippen LogP contribution in [0.3, 0.4) is 0 Å². The van der Waals surface area contributed by atoms with E-state index in [9.17, 15) is 0 Å². The molecule has 8 heteroatoms. The molecule has 2 bridgehead atoms. The molecule has 0 aliphatic carbocycles. The first-order chi connectivity index (χ1) is 15.4. The number of halogens is 1. The van der Waals surface area contributed by atoms with Crippen molar-refractivity contribution in [2.24, 2.45) is 7.05 Å². The Labute approximate surface area is 191 Å². The summed E-state index contributed by atoms with van der Waals surface area (Å²) in [5.41, 5.74) is 14.1. The van der Waals surface area contributed by atoms with Crippen molar-refractivity contribution in [2.75, 3.05) is 5.73 Å². The molecule has 1 atom stereocenters. The number of nitrogens with two attached hydrogens (primary N) is 1. The van der Waals surface area contributed by atoms with Gasteiger partial charge in [-0.15, -0.1) is 0 Å². The minimum Gasteiger partial charge on any atom is -0.482 e. The summed E-state index contributed by atoms with van der Waals surface area (Å²) >= 11 is 6.66. The topological polar surface area (TPSA) is 83.8 Å². The summed E-state index contributed by atoms with van der Waals surface area (Å²) in [4.78, 5) is 4.42. The third-order valence-electron chi connectivity index (χ3n) is 5.93. The standard InChI is InChI=1S/C24H25ClN6O/c1-5-31-22-15-10-20(24(26)27-11-15)32-14(3)18-8-13(2)6-7-17(18)21-16(12-30(4)28-21)9-19(22)23(25)29-31/h6-8,10-12,14H,5,9H2,1-4H3,(H2,26,27)/t14-/m1/s1. The van der Waals surface area contributed by atoms with Crippen molar-refractivity contribution in [3.8, 4) is 28.3 Å². The van der Waals surface area contributed by atoms with Crippen LogP contribution in [0.4, 0.5) is 5.82 Å². The number of rotatable bonds is 1. The SMILES string of the molecule is CCn1nc(Cl)c2c1-c1cnc(N)c(c1)O[C@H](C)c1cc(C)ccc1-c1nn(C)cc1C2. The quantitative estimate of drug-likeness (QED) is 0.445. The minimum absolute atomic E-state index is 0.252. The van der Waals surface area contributed by atoms with Crippen molar-refractivity contribution in [3.05, 3.63) is 64.1 Å². The second-order valence-electron chi connectivity index (χ2n) is 8.25. The molecule has 5 rings (SSSR count). The van der Waals surface area contributed by atoms with Crippen molar-refractivity contribution in [3.63, 3.8) is 0 Å². The van der Waals surface area contributed by atoms with Gasteiger partial charge in [0.2, 0.25) is 0 Å². The molecule has 0 fully saturated rings. The summed E-state index contributed by atoms with van der Waals surface area (Å²) in [6.07, 6.45) is 4.15. The maximum absolute atomic E-state index is 6.66. The lowest BCUT2D eigenvalue weighted by Crippen LogP contribution is -2.10. The van der Waals surface area contributed by atoms with Gasteiger partial charge in [0.05, 0.1) is 11.4 Å². The molecule has 0 amide bonds. The molecule has 0 radical (unpaired) electrons. The van der Waals surface area contributed by atoms with E-state index < -0.39 is 0 Å². The monoisotopic (exact) mass is 448 g/mol. The first kappa shape index (κ1) is 20.6. The summed E-state index contributed by atoms with van der Waals surface area (Å²) in [7, 11) is 1.94. The predicted molar refractivity (Wildman–Crippen MR) is 126 cm³/mol. The molecule has 32 heavy (non-hydrogen) atoms. The van der Waals surface area contributed by atoms with E-state index in [0.717, 1.165) is 44.8 Å². The fraction of sp³-hybridized carbons (Fsp3) is 0.292. The van der Waals surface area contributed by atoms with Crippen molar-refractivity contribution >= 4 is 17.4 Å². The number of pyridine rings is 1. The van der Waals surface area contributed by atoms with Gasteiger partial charge in [-0.1, -0.05) is 35.4 Å². The van der Waals surface area contributed by atoms with Gasteiger partial charge in [0.15, 0.2) is 16.7 Å². The number of nitrogen functional groups attached to an aromatic ring is 1. The summed E-state index contributed by atoms with van der Waals surface area (Å²) in [6, 6.07) is 8.28. The zero-order valence-corrected chi connectivity index (χ0v) is 19.3. The second-order valence-corrected chi connectivity index (χ2v) is 8.60. The average molecular weight is 449 g/mol. The van der Waals surface area contributed by atoms with E-state index in [1.54, 1.807) is 6.20 Å². The number of nitrogens with zero attached hydrogens (tertiary/aromatic N) is 5. The maximum atomic E-state index is 6.66. The van der Waals surface area contributed by atoms with Gasteiger partial charge in [-0.2, -0.15) is 10.2 Å². The van der Waals surface area contributed by atoms with Gasteiger partial charge in [0, 0.05) is 60.2 Å². The highest BCUT2D eigenvalue weighted by Crippen LogP contribution is 2.40. The number of benzene rings is 1. The summed E-state index contributed by atoms with van der Waals surface area (Å²) < 4.78 is 10.1. The second kappa shape index (κ2) is 7.67. The molecule has 0 unspecified atom stereocenters. The lowest BCUT2D eigenvalue weighted by molar-refractivity contribution is 0.228. The molecule has 4 aromatic rings. The van der Waals surface area contributed by atoms with Gasteiger partial charge in [-0.25, -0.2) is 4.98 Å². The van der Waals surface area contributed by atoms with Crippen molar-refractivity contribution < 1.29 is 4.74 Å². The Morgan fingerprint density at radius 2 is 2.06 bits per heavy atom. The van der Waals surface area contributed by atoms with Crippen LogP contribution in [0.1, 0.15) is 42.2 Å². The van der Waals surface area contributed by atoms with Crippen LogP contribution in [0, 0.1) is 6.92 Å².